The third kappa shape index (κ3) is 5.88. The number of rotatable bonds is 5. The van der Waals surface area contributed by atoms with Crippen LogP contribution in [0.15, 0.2) is 42.0 Å². The number of hydrogen-bond donors (Lipinski definition) is 1. The van der Waals surface area contributed by atoms with Crippen LogP contribution in [0.3, 0.4) is 0 Å². The lowest BCUT2D eigenvalue weighted by atomic mass is 9.83. The summed E-state index contributed by atoms with van der Waals surface area (Å²) in [5, 5.41) is 11.3. The van der Waals surface area contributed by atoms with Gasteiger partial charge in [0, 0.05) is 5.56 Å². The summed E-state index contributed by atoms with van der Waals surface area (Å²) >= 11 is 0. The van der Waals surface area contributed by atoms with Gasteiger partial charge in [-0.05, 0) is 56.2 Å². The van der Waals surface area contributed by atoms with E-state index in [0.29, 0.717) is 0 Å². The van der Waals surface area contributed by atoms with Crippen molar-refractivity contribution in [3.05, 3.63) is 47.5 Å². The van der Waals surface area contributed by atoms with Gasteiger partial charge in [0.05, 0.1) is 0 Å². The van der Waals surface area contributed by atoms with Gasteiger partial charge >= 0.3 is 0 Å². The average Bonchev–Trinajstić information content (AvgIpc) is 2.54. The molecular formula is C22H30O. The highest BCUT2D eigenvalue weighted by Crippen LogP contribution is 2.30. The van der Waals surface area contributed by atoms with Crippen LogP contribution in [0.4, 0.5) is 0 Å². The zero-order chi connectivity index (χ0) is 16.4. The van der Waals surface area contributed by atoms with Gasteiger partial charge in [-0.1, -0.05) is 68.7 Å². The second kappa shape index (κ2) is 9.58. The maximum atomic E-state index is 11.3. The molecular weight excluding hydrogens is 280 g/mol. The molecule has 0 radical (unpaired) electrons. The Morgan fingerprint density at radius 2 is 1.83 bits per heavy atom. The summed E-state index contributed by atoms with van der Waals surface area (Å²) < 4.78 is 0. The third-order valence-electron chi connectivity index (χ3n) is 4.65. The molecule has 0 heterocycles. The van der Waals surface area contributed by atoms with Crippen LogP contribution < -0.4 is 0 Å². The van der Waals surface area contributed by atoms with E-state index in [-0.39, 0.29) is 0 Å². The predicted octanol–water partition coefficient (Wildman–Crippen LogP) is 5.63. The fourth-order valence-electron chi connectivity index (χ4n) is 3.20. The lowest BCUT2D eigenvalue weighted by Gasteiger charge is -2.27. The Morgan fingerprint density at radius 3 is 2.61 bits per heavy atom. The molecule has 2 rings (SSSR count). The normalized spacial score (nSPS) is 20.2. The first-order valence-corrected chi connectivity index (χ1v) is 9.25. The first kappa shape index (κ1) is 17.8. The van der Waals surface area contributed by atoms with Gasteiger partial charge in [-0.3, -0.25) is 0 Å². The van der Waals surface area contributed by atoms with Crippen molar-refractivity contribution in [3.63, 3.8) is 0 Å². The van der Waals surface area contributed by atoms with E-state index in [1.807, 2.05) is 30.3 Å². The highest BCUT2D eigenvalue weighted by Gasteiger charge is 2.28. The number of benzene rings is 1. The molecule has 23 heavy (non-hydrogen) atoms. The first-order chi connectivity index (χ1) is 11.2. The van der Waals surface area contributed by atoms with Crippen LogP contribution in [0, 0.1) is 11.8 Å². The quantitative estimate of drug-likeness (QED) is 0.424. The maximum Gasteiger partial charge on any atom is 0.147 e. The van der Waals surface area contributed by atoms with Crippen LogP contribution >= 0.6 is 0 Å². The van der Waals surface area contributed by atoms with Gasteiger partial charge in [0.2, 0.25) is 0 Å². The Balaban J connectivity index is 2.21. The molecule has 1 nitrogen and oxygen atoms in total. The van der Waals surface area contributed by atoms with Crippen molar-refractivity contribution in [3.8, 4) is 11.8 Å². The van der Waals surface area contributed by atoms with Gasteiger partial charge in [-0.25, -0.2) is 0 Å². The van der Waals surface area contributed by atoms with Crippen LogP contribution in [0.2, 0.25) is 0 Å². The molecule has 0 bridgehead atoms. The molecule has 0 saturated carbocycles. The first-order valence-electron chi connectivity index (χ1n) is 9.25. The Kier molecular flexibility index (Phi) is 7.43. The smallest absolute Gasteiger partial charge is 0.147 e. The second-order valence-corrected chi connectivity index (χ2v) is 6.62. The summed E-state index contributed by atoms with van der Waals surface area (Å²) in [6.07, 6.45) is 13.5. The lowest BCUT2D eigenvalue weighted by Crippen LogP contribution is -2.30. The standard InChI is InChI=1S/C22H30O/c1-2-3-12-18-22(23,19-17-20-13-8-7-9-14-20)21-15-10-5-4-6-11-16-21/h7-9,13-15,23H,2-6,10-12,16,18H2,1H3/b21-15+. The van der Waals surface area contributed by atoms with Crippen molar-refractivity contribution < 1.29 is 5.11 Å². The third-order valence-corrected chi connectivity index (χ3v) is 4.65. The Bertz CT molecular complexity index is 546. The average molecular weight is 310 g/mol. The van der Waals surface area contributed by atoms with E-state index in [1.54, 1.807) is 0 Å². The Hall–Kier alpha value is -1.52. The topological polar surface area (TPSA) is 20.2 Å². The highest BCUT2D eigenvalue weighted by molar-refractivity contribution is 5.40. The van der Waals surface area contributed by atoms with Gasteiger partial charge in [0.15, 0.2) is 0 Å². The van der Waals surface area contributed by atoms with Crippen LogP contribution in [-0.2, 0) is 0 Å². The summed E-state index contributed by atoms with van der Waals surface area (Å²) in [6.45, 7) is 2.20. The molecule has 1 unspecified atom stereocenters. The molecule has 0 fully saturated rings. The van der Waals surface area contributed by atoms with Gasteiger partial charge in [0.25, 0.3) is 0 Å². The van der Waals surface area contributed by atoms with E-state index < -0.39 is 5.60 Å². The van der Waals surface area contributed by atoms with Crippen molar-refractivity contribution in [2.75, 3.05) is 0 Å². The predicted molar refractivity (Wildman–Crippen MR) is 98.2 cm³/mol. The molecule has 1 aliphatic rings. The van der Waals surface area contributed by atoms with Crippen LogP contribution in [0.1, 0.15) is 76.7 Å². The molecule has 124 valence electrons. The maximum absolute atomic E-state index is 11.3. The molecule has 1 N–H and O–H groups in total. The van der Waals surface area contributed by atoms with Gasteiger partial charge in [0.1, 0.15) is 5.60 Å². The molecule has 1 aromatic carbocycles. The zero-order valence-corrected chi connectivity index (χ0v) is 14.5. The SMILES string of the molecule is CCCCCC(O)(C#Cc1ccccc1)/C1=C/CCCCCC1. The van der Waals surface area contributed by atoms with Crippen LogP contribution in [0.5, 0.6) is 0 Å². The van der Waals surface area contributed by atoms with Crippen molar-refractivity contribution >= 4 is 0 Å². The minimum atomic E-state index is -0.942. The number of aliphatic hydroxyl groups is 1. The van der Waals surface area contributed by atoms with Crippen molar-refractivity contribution in [1.29, 1.82) is 0 Å². The van der Waals surface area contributed by atoms with Crippen molar-refractivity contribution in [2.24, 2.45) is 0 Å². The monoisotopic (exact) mass is 310 g/mol. The van der Waals surface area contributed by atoms with E-state index in [9.17, 15) is 5.11 Å². The number of unbranched alkanes of at least 4 members (excludes halogenated alkanes) is 2. The van der Waals surface area contributed by atoms with E-state index in [4.69, 9.17) is 0 Å². The summed E-state index contributed by atoms with van der Waals surface area (Å²) in [4.78, 5) is 0. The Morgan fingerprint density at radius 1 is 1.04 bits per heavy atom. The Labute approximate surface area is 141 Å². The van der Waals surface area contributed by atoms with Crippen molar-refractivity contribution in [2.45, 2.75) is 76.7 Å². The van der Waals surface area contributed by atoms with E-state index in [1.165, 1.54) is 32.1 Å². The summed E-state index contributed by atoms with van der Waals surface area (Å²) in [6, 6.07) is 10.00. The molecule has 0 amide bonds. The molecule has 0 aliphatic heterocycles. The van der Waals surface area contributed by atoms with Crippen LogP contribution in [-0.4, -0.2) is 10.7 Å². The second-order valence-electron chi connectivity index (χ2n) is 6.62. The molecule has 1 heteroatoms. The van der Waals surface area contributed by atoms with E-state index in [2.05, 4.69) is 24.8 Å². The van der Waals surface area contributed by atoms with Crippen LogP contribution in [0.25, 0.3) is 0 Å². The van der Waals surface area contributed by atoms with Gasteiger partial charge in [-0.2, -0.15) is 0 Å². The van der Waals surface area contributed by atoms with E-state index in [0.717, 1.165) is 43.2 Å². The fourth-order valence-corrected chi connectivity index (χ4v) is 3.20. The van der Waals surface area contributed by atoms with E-state index >= 15 is 0 Å². The highest BCUT2D eigenvalue weighted by atomic mass is 16.3. The molecule has 0 aromatic heterocycles. The lowest BCUT2D eigenvalue weighted by molar-refractivity contribution is 0.121. The molecule has 0 spiro atoms. The summed E-state index contributed by atoms with van der Waals surface area (Å²) in [7, 11) is 0. The number of allylic oxidation sites excluding steroid dienone is 1. The summed E-state index contributed by atoms with van der Waals surface area (Å²) in [5.41, 5.74) is 1.20. The van der Waals surface area contributed by atoms with Gasteiger partial charge < -0.3 is 5.11 Å². The molecule has 0 saturated heterocycles. The number of hydrogen-bond acceptors (Lipinski definition) is 1. The zero-order valence-electron chi connectivity index (χ0n) is 14.5. The van der Waals surface area contributed by atoms with Gasteiger partial charge in [-0.15, -0.1) is 0 Å². The molecule has 1 aliphatic carbocycles. The van der Waals surface area contributed by atoms with Crippen molar-refractivity contribution in [1.82, 2.24) is 0 Å². The fraction of sp³-hybridized carbons (Fsp3) is 0.545. The summed E-state index contributed by atoms with van der Waals surface area (Å²) in [5.74, 6) is 6.43. The minimum Gasteiger partial charge on any atom is -0.374 e. The minimum absolute atomic E-state index is 0.756. The molecule has 1 atom stereocenters. The largest absolute Gasteiger partial charge is 0.374 e. The molecule has 1 aromatic rings.